The summed E-state index contributed by atoms with van der Waals surface area (Å²) in [6.07, 6.45) is 4.17. The molecule has 0 aliphatic carbocycles. The molecule has 4 aromatic rings. The summed E-state index contributed by atoms with van der Waals surface area (Å²) in [5.74, 6) is 1.55. The SMILES string of the molecule is CCn1cc2c(Oc3ccc4c(c3)CCS4(O)O)cc(C(=O)Nc3ccc(C)cn3)cc2n1. The van der Waals surface area contributed by atoms with Crippen LogP contribution in [0.3, 0.4) is 0 Å². The number of carbonyl (C=O) groups excluding carboxylic acids is 1. The summed E-state index contributed by atoms with van der Waals surface area (Å²) < 4.78 is 28.3. The van der Waals surface area contributed by atoms with Crippen molar-refractivity contribution in [3.8, 4) is 11.5 Å². The average Bonchev–Trinajstić information content (AvgIpc) is 3.35. The smallest absolute Gasteiger partial charge is 0.257 e. The molecule has 0 spiro atoms. The molecule has 1 amide bonds. The molecule has 2 aromatic carbocycles. The number of fused-ring (bicyclic) bond motifs is 2. The van der Waals surface area contributed by atoms with E-state index in [2.05, 4.69) is 15.4 Å². The fourth-order valence-corrected chi connectivity index (χ4v) is 5.46. The van der Waals surface area contributed by atoms with Crippen LogP contribution in [0.4, 0.5) is 5.82 Å². The van der Waals surface area contributed by atoms with E-state index in [1.54, 1.807) is 41.2 Å². The van der Waals surface area contributed by atoms with Crippen molar-refractivity contribution in [2.24, 2.45) is 0 Å². The van der Waals surface area contributed by atoms with Gasteiger partial charge in [0.2, 0.25) is 0 Å². The number of anilines is 1. The van der Waals surface area contributed by atoms with Gasteiger partial charge >= 0.3 is 0 Å². The highest BCUT2D eigenvalue weighted by molar-refractivity contribution is 8.24. The molecule has 2 aromatic heterocycles. The largest absolute Gasteiger partial charge is 0.457 e. The maximum atomic E-state index is 13.0. The van der Waals surface area contributed by atoms with Gasteiger partial charge < -0.3 is 10.1 Å². The number of hydrogen-bond acceptors (Lipinski definition) is 6. The van der Waals surface area contributed by atoms with Crippen molar-refractivity contribution in [3.63, 3.8) is 0 Å². The fraction of sp³-hybridized carbons (Fsp3) is 0.208. The zero-order valence-corrected chi connectivity index (χ0v) is 19.1. The normalized spacial score (nSPS) is 15.3. The second-order valence-corrected chi connectivity index (χ2v) is 10.2. The van der Waals surface area contributed by atoms with Crippen LogP contribution in [0.15, 0.2) is 59.8 Å². The van der Waals surface area contributed by atoms with Gasteiger partial charge in [0.05, 0.1) is 15.8 Å². The highest BCUT2D eigenvalue weighted by Gasteiger charge is 2.27. The number of benzene rings is 2. The maximum absolute atomic E-state index is 13.0. The van der Waals surface area contributed by atoms with E-state index >= 15 is 0 Å². The van der Waals surface area contributed by atoms with Gasteiger partial charge in [0.25, 0.3) is 5.91 Å². The second kappa shape index (κ2) is 8.18. The molecule has 0 atom stereocenters. The number of nitrogens with one attached hydrogen (secondary N) is 1. The molecular weight excluding hydrogens is 440 g/mol. The molecule has 5 rings (SSSR count). The summed E-state index contributed by atoms with van der Waals surface area (Å²) in [5.41, 5.74) is 2.92. The third kappa shape index (κ3) is 4.18. The van der Waals surface area contributed by atoms with E-state index in [0.717, 1.165) is 16.5 Å². The highest BCUT2D eigenvalue weighted by Crippen LogP contribution is 2.55. The predicted octanol–water partition coefficient (Wildman–Crippen LogP) is 5.47. The Hall–Kier alpha value is -3.40. The van der Waals surface area contributed by atoms with E-state index in [4.69, 9.17) is 4.74 Å². The van der Waals surface area contributed by atoms with Gasteiger partial charge in [0, 0.05) is 30.3 Å². The zero-order valence-electron chi connectivity index (χ0n) is 18.3. The number of ether oxygens (including phenoxy) is 1. The minimum Gasteiger partial charge on any atom is -0.457 e. The van der Waals surface area contributed by atoms with Crippen LogP contribution in [-0.4, -0.2) is 35.5 Å². The van der Waals surface area contributed by atoms with Gasteiger partial charge in [-0.15, -0.1) is 0 Å². The van der Waals surface area contributed by atoms with Crippen molar-refractivity contribution in [2.75, 3.05) is 11.1 Å². The molecule has 3 N–H and O–H groups in total. The molecule has 33 heavy (non-hydrogen) atoms. The Morgan fingerprint density at radius 1 is 1.21 bits per heavy atom. The topological polar surface area (TPSA) is 110 Å². The van der Waals surface area contributed by atoms with Gasteiger partial charge in [-0.2, -0.15) is 15.7 Å². The summed E-state index contributed by atoms with van der Waals surface area (Å²) in [6, 6.07) is 12.3. The molecule has 0 fully saturated rings. The number of aryl methyl sites for hydroxylation is 3. The van der Waals surface area contributed by atoms with Gasteiger partial charge in [-0.3, -0.25) is 18.6 Å². The monoisotopic (exact) mass is 464 g/mol. The number of hydrogen-bond donors (Lipinski definition) is 3. The van der Waals surface area contributed by atoms with Gasteiger partial charge in [0.15, 0.2) is 0 Å². The van der Waals surface area contributed by atoms with Gasteiger partial charge in [0.1, 0.15) is 17.3 Å². The lowest BCUT2D eigenvalue weighted by atomic mass is 10.1. The maximum Gasteiger partial charge on any atom is 0.257 e. The van der Waals surface area contributed by atoms with Crippen molar-refractivity contribution in [3.05, 3.63) is 71.5 Å². The summed E-state index contributed by atoms with van der Waals surface area (Å²) in [5, 5.41) is 8.15. The first-order valence-electron chi connectivity index (χ1n) is 10.6. The summed E-state index contributed by atoms with van der Waals surface area (Å²) in [4.78, 5) is 17.8. The standard InChI is InChI=1S/C24H24N4O4S/c1-3-28-14-19-20(27-28)11-17(24(29)26-23-7-4-15(2)13-25-23)12-21(19)32-18-5-6-22-16(10-18)8-9-33(22,30)31/h4-7,10-14,30-31H,3,8-9H2,1-2H3,(H,25,26,29). The lowest BCUT2D eigenvalue weighted by molar-refractivity contribution is 0.102. The fourth-order valence-electron chi connectivity index (χ4n) is 3.87. The molecule has 9 heteroatoms. The minimum absolute atomic E-state index is 0.313. The number of aromatic nitrogens is 3. The van der Waals surface area contributed by atoms with E-state index in [0.29, 0.717) is 52.0 Å². The molecule has 0 radical (unpaired) electrons. The lowest BCUT2D eigenvalue weighted by Gasteiger charge is -2.27. The first-order chi connectivity index (χ1) is 15.8. The van der Waals surface area contributed by atoms with Crippen molar-refractivity contribution >= 4 is 33.2 Å². The second-order valence-electron chi connectivity index (χ2n) is 8.06. The molecule has 1 aliphatic heterocycles. The third-order valence-corrected chi connectivity index (χ3v) is 7.52. The Bertz CT molecular complexity index is 1370. The van der Waals surface area contributed by atoms with Crippen LogP contribution in [0.25, 0.3) is 10.9 Å². The third-order valence-electron chi connectivity index (χ3n) is 5.64. The molecule has 0 saturated heterocycles. The van der Waals surface area contributed by atoms with E-state index in [1.165, 1.54) is 0 Å². The van der Waals surface area contributed by atoms with Crippen molar-refractivity contribution in [1.82, 2.24) is 14.8 Å². The first kappa shape index (κ1) is 21.4. The Kier molecular flexibility index (Phi) is 5.32. The van der Waals surface area contributed by atoms with E-state index in [9.17, 15) is 13.9 Å². The Morgan fingerprint density at radius 2 is 2.06 bits per heavy atom. The first-order valence-corrected chi connectivity index (χ1v) is 12.4. The van der Waals surface area contributed by atoms with Gasteiger partial charge in [-0.05, 0) is 67.8 Å². The van der Waals surface area contributed by atoms with Crippen LogP contribution < -0.4 is 10.1 Å². The Balaban J connectivity index is 1.50. The van der Waals surface area contributed by atoms with Crippen LogP contribution in [0.2, 0.25) is 0 Å². The molecule has 8 nitrogen and oxygen atoms in total. The molecule has 3 heterocycles. The van der Waals surface area contributed by atoms with E-state index in [-0.39, 0.29) is 5.91 Å². The number of amides is 1. The highest BCUT2D eigenvalue weighted by atomic mass is 32.3. The summed E-state index contributed by atoms with van der Waals surface area (Å²) in [6.45, 7) is 4.60. The van der Waals surface area contributed by atoms with Crippen molar-refractivity contribution in [1.29, 1.82) is 0 Å². The van der Waals surface area contributed by atoms with Crippen LogP contribution in [0.5, 0.6) is 11.5 Å². The molecular formula is C24H24N4O4S. The van der Waals surface area contributed by atoms with E-state index in [1.807, 2.05) is 32.2 Å². The van der Waals surface area contributed by atoms with Crippen LogP contribution in [0.1, 0.15) is 28.4 Å². The summed E-state index contributed by atoms with van der Waals surface area (Å²) >= 11 is 0. The van der Waals surface area contributed by atoms with Crippen molar-refractivity contribution < 1.29 is 18.6 Å². The summed E-state index contributed by atoms with van der Waals surface area (Å²) in [7, 11) is -2.71. The molecule has 0 unspecified atom stereocenters. The number of rotatable bonds is 5. The Morgan fingerprint density at radius 3 is 2.82 bits per heavy atom. The van der Waals surface area contributed by atoms with Gasteiger partial charge in [-0.1, -0.05) is 6.07 Å². The van der Waals surface area contributed by atoms with Crippen LogP contribution in [0, 0.1) is 6.92 Å². The van der Waals surface area contributed by atoms with Gasteiger partial charge in [-0.25, -0.2) is 4.98 Å². The molecule has 0 saturated carbocycles. The quantitative estimate of drug-likeness (QED) is 0.361. The molecule has 1 aliphatic rings. The lowest BCUT2D eigenvalue weighted by Crippen LogP contribution is -2.13. The minimum atomic E-state index is -2.71. The number of nitrogens with zero attached hydrogens (tertiary/aromatic N) is 3. The molecule has 0 bridgehead atoms. The predicted molar refractivity (Wildman–Crippen MR) is 129 cm³/mol. The van der Waals surface area contributed by atoms with E-state index < -0.39 is 10.6 Å². The van der Waals surface area contributed by atoms with Crippen LogP contribution >= 0.6 is 10.6 Å². The number of carbonyl (C=O) groups is 1. The zero-order chi connectivity index (χ0) is 23.2. The van der Waals surface area contributed by atoms with Crippen LogP contribution in [-0.2, 0) is 13.0 Å². The number of pyridine rings is 1. The molecule has 170 valence electrons. The Labute approximate surface area is 192 Å². The average molecular weight is 465 g/mol. The van der Waals surface area contributed by atoms with Crippen molar-refractivity contribution in [2.45, 2.75) is 31.7 Å².